The van der Waals surface area contributed by atoms with E-state index in [1.54, 1.807) is 7.11 Å². The van der Waals surface area contributed by atoms with Crippen LogP contribution in [0.5, 0.6) is 11.5 Å². The summed E-state index contributed by atoms with van der Waals surface area (Å²) in [5.74, 6) is 1.58. The van der Waals surface area contributed by atoms with Crippen molar-refractivity contribution >= 4 is 11.0 Å². The molecule has 2 heterocycles. The van der Waals surface area contributed by atoms with Gasteiger partial charge in [-0.3, -0.25) is 4.98 Å². The lowest BCUT2D eigenvalue weighted by Crippen LogP contribution is -2.31. The fraction of sp³-hybridized carbons (Fsp3) is 0.391. The first-order chi connectivity index (χ1) is 14.2. The number of methoxy groups -OCH3 is 1. The Morgan fingerprint density at radius 3 is 2.76 bits per heavy atom. The molecular formula is C23H28N4O2. The summed E-state index contributed by atoms with van der Waals surface area (Å²) in [4.78, 5) is 11.6. The van der Waals surface area contributed by atoms with Gasteiger partial charge in [-0.05, 0) is 62.3 Å². The summed E-state index contributed by atoms with van der Waals surface area (Å²) < 4.78 is 11.7. The summed E-state index contributed by atoms with van der Waals surface area (Å²) in [5, 5.41) is 3.60. The van der Waals surface area contributed by atoms with Gasteiger partial charge in [0.05, 0.1) is 42.7 Å². The Kier molecular flexibility index (Phi) is 5.92. The highest BCUT2D eigenvalue weighted by Crippen LogP contribution is 2.37. The number of hydrogen-bond donors (Lipinski definition) is 1. The second kappa shape index (κ2) is 8.76. The van der Waals surface area contributed by atoms with Crippen molar-refractivity contribution in [1.29, 1.82) is 0 Å². The maximum absolute atomic E-state index is 6.08. The van der Waals surface area contributed by atoms with Crippen LogP contribution in [0.25, 0.3) is 11.0 Å². The van der Waals surface area contributed by atoms with Crippen LogP contribution in [0.4, 0.5) is 0 Å². The maximum atomic E-state index is 6.08. The lowest BCUT2D eigenvalue weighted by atomic mass is 9.92. The number of aromatic nitrogens is 2. The van der Waals surface area contributed by atoms with Gasteiger partial charge in [0.15, 0.2) is 11.5 Å². The number of hydrogen-bond acceptors (Lipinski definition) is 6. The molecule has 1 atom stereocenters. The standard InChI is InChI=1S/C23H28N4O2/c1-27(2)11-6-12-29-22-14-17-16(13-21(22)28-3)9-10-24-23(17)20-15-25-18-7-4-5-8-19(18)26-20/h4-5,7-8,13-15,23-24H,6,9-12H2,1-3H3. The van der Waals surface area contributed by atoms with Crippen LogP contribution < -0.4 is 14.8 Å². The van der Waals surface area contributed by atoms with Crippen LogP contribution in [-0.4, -0.2) is 55.8 Å². The van der Waals surface area contributed by atoms with E-state index in [0.717, 1.165) is 54.2 Å². The van der Waals surface area contributed by atoms with Crippen LogP contribution in [-0.2, 0) is 6.42 Å². The maximum Gasteiger partial charge on any atom is 0.161 e. The Morgan fingerprint density at radius 1 is 1.14 bits per heavy atom. The summed E-state index contributed by atoms with van der Waals surface area (Å²) in [6, 6.07) is 12.2. The summed E-state index contributed by atoms with van der Waals surface area (Å²) in [5.41, 5.74) is 5.19. The van der Waals surface area contributed by atoms with Crippen molar-refractivity contribution in [2.75, 3.05) is 40.9 Å². The van der Waals surface area contributed by atoms with Crippen molar-refractivity contribution in [2.45, 2.75) is 18.9 Å². The van der Waals surface area contributed by atoms with E-state index in [9.17, 15) is 0 Å². The quantitative estimate of drug-likeness (QED) is 0.623. The monoisotopic (exact) mass is 392 g/mol. The SMILES string of the molecule is COc1cc2c(cc1OCCCN(C)C)C(c1cnc3ccccc3n1)NCC2. The minimum absolute atomic E-state index is 0.00844. The van der Waals surface area contributed by atoms with Gasteiger partial charge in [-0.15, -0.1) is 0 Å². The van der Waals surface area contributed by atoms with Gasteiger partial charge in [0.2, 0.25) is 0 Å². The van der Waals surface area contributed by atoms with E-state index in [1.807, 2.05) is 30.5 Å². The Bertz CT molecular complexity index is 990. The summed E-state index contributed by atoms with van der Waals surface area (Å²) in [6.07, 6.45) is 3.78. The van der Waals surface area contributed by atoms with Crippen molar-refractivity contribution < 1.29 is 9.47 Å². The van der Waals surface area contributed by atoms with Crippen LogP contribution in [0.15, 0.2) is 42.6 Å². The van der Waals surface area contributed by atoms with Gasteiger partial charge in [0, 0.05) is 13.1 Å². The molecule has 6 heteroatoms. The number of para-hydroxylation sites is 2. The Labute approximate surface area is 171 Å². The van der Waals surface area contributed by atoms with E-state index >= 15 is 0 Å². The number of benzene rings is 2. The molecule has 0 saturated heterocycles. The minimum Gasteiger partial charge on any atom is -0.493 e. The predicted molar refractivity (Wildman–Crippen MR) is 115 cm³/mol. The number of ether oxygens (including phenoxy) is 2. The summed E-state index contributed by atoms with van der Waals surface area (Å²) in [6.45, 7) is 2.53. The molecule has 0 fully saturated rings. The number of rotatable bonds is 7. The predicted octanol–water partition coefficient (Wildman–Crippen LogP) is 3.20. The number of fused-ring (bicyclic) bond motifs is 2. The van der Waals surface area contributed by atoms with E-state index in [4.69, 9.17) is 14.5 Å². The third-order valence-electron chi connectivity index (χ3n) is 5.25. The van der Waals surface area contributed by atoms with Crippen LogP contribution in [0.1, 0.15) is 29.3 Å². The molecule has 1 unspecified atom stereocenters. The van der Waals surface area contributed by atoms with E-state index in [2.05, 4.69) is 41.4 Å². The average Bonchev–Trinajstić information content (AvgIpc) is 2.75. The number of nitrogens with zero attached hydrogens (tertiary/aromatic N) is 3. The third kappa shape index (κ3) is 4.33. The molecule has 1 aliphatic heterocycles. The summed E-state index contributed by atoms with van der Waals surface area (Å²) in [7, 11) is 5.84. The van der Waals surface area contributed by atoms with Crippen LogP contribution in [0.2, 0.25) is 0 Å². The first kappa shape index (κ1) is 19.6. The first-order valence-corrected chi connectivity index (χ1v) is 10.1. The van der Waals surface area contributed by atoms with Gasteiger partial charge in [-0.1, -0.05) is 12.1 Å². The molecule has 0 radical (unpaired) electrons. The lowest BCUT2D eigenvalue weighted by Gasteiger charge is -2.28. The average molecular weight is 393 g/mol. The molecule has 0 amide bonds. The van der Waals surface area contributed by atoms with Crippen molar-refractivity contribution in [3.63, 3.8) is 0 Å². The van der Waals surface area contributed by atoms with Crippen molar-refractivity contribution in [1.82, 2.24) is 20.2 Å². The first-order valence-electron chi connectivity index (χ1n) is 10.1. The lowest BCUT2D eigenvalue weighted by molar-refractivity contribution is 0.267. The number of nitrogens with one attached hydrogen (secondary N) is 1. The topological polar surface area (TPSA) is 59.5 Å². The van der Waals surface area contributed by atoms with Crippen molar-refractivity contribution in [3.05, 3.63) is 59.4 Å². The van der Waals surface area contributed by atoms with Crippen LogP contribution >= 0.6 is 0 Å². The molecule has 0 bridgehead atoms. The molecule has 0 aliphatic carbocycles. The summed E-state index contributed by atoms with van der Waals surface area (Å²) >= 11 is 0. The molecule has 0 spiro atoms. The van der Waals surface area contributed by atoms with E-state index < -0.39 is 0 Å². The molecule has 3 aromatic rings. The van der Waals surface area contributed by atoms with Gasteiger partial charge in [-0.2, -0.15) is 0 Å². The van der Waals surface area contributed by atoms with E-state index in [0.29, 0.717) is 6.61 Å². The Morgan fingerprint density at radius 2 is 1.97 bits per heavy atom. The highest BCUT2D eigenvalue weighted by Gasteiger charge is 2.25. The Hall–Kier alpha value is -2.70. The Balaban J connectivity index is 1.64. The van der Waals surface area contributed by atoms with Crippen molar-refractivity contribution in [3.8, 4) is 11.5 Å². The zero-order chi connectivity index (χ0) is 20.2. The minimum atomic E-state index is -0.00844. The molecule has 4 rings (SSSR count). The molecule has 152 valence electrons. The van der Waals surface area contributed by atoms with E-state index in [-0.39, 0.29) is 6.04 Å². The molecule has 29 heavy (non-hydrogen) atoms. The molecule has 0 saturated carbocycles. The van der Waals surface area contributed by atoms with Gasteiger partial charge in [-0.25, -0.2) is 4.98 Å². The highest BCUT2D eigenvalue weighted by atomic mass is 16.5. The molecular weight excluding hydrogens is 364 g/mol. The van der Waals surface area contributed by atoms with E-state index in [1.165, 1.54) is 11.1 Å². The fourth-order valence-electron chi connectivity index (χ4n) is 3.77. The second-order valence-corrected chi connectivity index (χ2v) is 7.63. The van der Waals surface area contributed by atoms with Crippen LogP contribution in [0.3, 0.4) is 0 Å². The molecule has 2 aromatic carbocycles. The molecule has 6 nitrogen and oxygen atoms in total. The van der Waals surface area contributed by atoms with Crippen molar-refractivity contribution in [2.24, 2.45) is 0 Å². The molecule has 1 aliphatic rings. The second-order valence-electron chi connectivity index (χ2n) is 7.63. The zero-order valence-electron chi connectivity index (χ0n) is 17.3. The van der Waals surface area contributed by atoms with Gasteiger partial charge in [0.1, 0.15) is 0 Å². The zero-order valence-corrected chi connectivity index (χ0v) is 17.3. The highest BCUT2D eigenvalue weighted by molar-refractivity contribution is 5.73. The normalized spacial score (nSPS) is 16.1. The smallest absolute Gasteiger partial charge is 0.161 e. The van der Waals surface area contributed by atoms with Crippen LogP contribution in [0, 0.1) is 0 Å². The molecule has 1 N–H and O–H groups in total. The molecule has 1 aromatic heterocycles. The third-order valence-corrected chi connectivity index (χ3v) is 5.25. The largest absolute Gasteiger partial charge is 0.493 e. The van der Waals surface area contributed by atoms with Gasteiger partial charge >= 0.3 is 0 Å². The van der Waals surface area contributed by atoms with Gasteiger partial charge in [0.25, 0.3) is 0 Å². The van der Waals surface area contributed by atoms with Gasteiger partial charge < -0.3 is 19.7 Å². The fourth-order valence-corrected chi connectivity index (χ4v) is 3.77.